The van der Waals surface area contributed by atoms with Gasteiger partial charge in [0.2, 0.25) is 0 Å². The maximum Gasteiger partial charge on any atom is 0.305 e. The number of rotatable bonds is 6. The highest BCUT2D eigenvalue weighted by Crippen LogP contribution is 2.63. The molecule has 0 aliphatic heterocycles. The molecule has 0 unspecified atom stereocenters. The Hall–Kier alpha value is -1.38. The van der Waals surface area contributed by atoms with E-state index in [2.05, 4.69) is 13.8 Å². The first-order chi connectivity index (χ1) is 13.9. The maximum atomic E-state index is 12.0. The third-order valence-electron chi connectivity index (χ3n) is 8.88. The average Bonchev–Trinajstić information content (AvgIpc) is 3.05. The van der Waals surface area contributed by atoms with Gasteiger partial charge < -0.3 is 4.74 Å². The Kier molecular flexibility index (Phi) is 5.79. The molecular formula is C26H38O3. The summed E-state index contributed by atoms with van der Waals surface area (Å²) in [7, 11) is 0. The second kappa shape index (κ2) is 8.04. The van der Waals surface area contributed by atoms with Crippen molar-refractivity contribution in [3.05, 3.63) is 22.8 Å². The van der Waals surface area contributed by atoms with Crippen molar-refractivity contribution >= 4 is 11.8 Å². The second-order valence-electron chi connectivity index (χ2n) is 10.4. The molecule has 0 amide bonds. The molecule has 0 aromatic heterocycles. The van der Waals surface area contributed by atoms with Crippen LogP contribution in [0.25, 0.3) is 0 Å². The summed E-state index contributed by atoms with van der Waals surface area (Å²) >= 11 is 0. The molecule has 4 atom stereocenters. The largest absolute Gasteiger partial charge is 0.466 e. The van der Waals surface area contributed by atoms with Crippen LogP contribution in [0, 0.1) is 22.7 Å². The number of hydrogen-bond acceptors (Lipinski definition) is 3. The molecule has 1 saturated carbocycles. The van der Waals surface area contributed by atoms with E-state index in [1.54, 1.807) is 11.1 Å². The molecule has 160 valence electrons. The lowest BCUT2D eigenvalue weighted by atomic mass is 9.52. The van der Waals surface area contributed by atoms with Gasteiger partial charge in [0.1, 0.15) is 0 Å². The third kappa shape index (κ3) is 3.75. The summed E-state index contributed by atoms with van der Waals surface area (Å²) in [6.45, 7) is 7.37. The highest BCUT2D eigenvalue weighted by atomic mass is 16.5. The minimum absolute atomic E-state index is 0.0796. The number of allylic oxidation sites excluding steroid dienone is 4. The van der Waals surface area contributed by atoms with Crippen molar-refractivity contribution < 1.29 is 14.3 Å². The van der Waals surface area contributed by atoms with Crippen LogP contribution in [-0.2, 0) is 14.3 Å². The van der Waals surface area contributed by atoms with Crippen molar-refractivity contribution in [2.45, 2.75) is 97.8 Å². The molecule has 0 heterocycles. The Morgan fingerprint density at radius 2 is 1.93 bits per heavy atom. The molecule has 29 heavy (non-hydrogen) atoms. The van der Waals surface area contributed by atoms with Gasteiger partial charge in [-0.05, 0) is 93.0 Å². The SMILES string of the molecule is CCC(=O)OCCCC[C@]1(C)CCC2=C1CC[C@H]1[C@H]2CCC2=CC(=O)CC[C@@]21C. The van der Waals surface area contributed by atoms with E-state index in [-0.39, 0.29) is 11.4 Å². The van der Waals surface area contributed by atoms with Crippen LogP contribution in [0.5, 0.6) is 0 Å². The predicted octanol–water partition coefficient (Wildman–Crippen LogP) is 6.32. The number of carbonyl (C=O) groups is 2. The van der Waals surface area contributed by atoms with Gasteiger partial charge in [0.15, 0.2) is 5.78 Å². The van der Waals surface area contributed by atoms with Gasteiger partial charge in [0.25, 0.3) is 0 Å². The van der Waals surface area contributed by atoms with Crippen LogP contribution in [0.3, 0.4) is 0 Å². The lowest BCUT2D eigenvalue weighted by molar-refractivity contribution is -0.143. The summed E-state index contributed by atoms with van der Waals surface area (Å²) in [5, 5.41) is 0. The standard InChI is InChI=1S/C26H38O3/c1-4-24(28)29-16-6-5-13-25(2)14-12-21-20-8-7-18-17-19(27)11-15-26(18,3)23(20)10-9-22(21)25/h17,20,23H,4-16H2,1-3H3/t20-,23-,25+,26-/m0/s1. The number of carbonyl (C=O) groups excluding carboxylic acids is 2. The van der Waals surface area contributed by atoms with Gasteiger partial charge in [-0.15, -0.1) is 0 Å². The van der Waals surface area contributed by atoms with Gasteiger partial charge in [-0.3, -0.25) is 9.59 Å². The van der Waals surface area contributed by atoms with E-state index in [1.807, 2.05) is 13.0 Å². The number of fused-ring (bicyclic) bond motifs is 4. The van der Waals surface area contributed by atoms with Crippen LogP contribution in [0.2, 0.25) is 0 Å². The summed E-state index contributed by atoms with van der Waals surface area (Å²) in [6, 6.07) is 0. The normalized spacial score (nSPS) is 36.2. The Labute approximate surface area is 176 Å². The van der Waals surface area contributed by atoms with Crippen molar-refractivity contribution in [1.82, 2.24) is 0 Å². The van der Waals surface area contributed by atoms with Gasteiger partial charge in [-0.25, -0.2) is 0 Å². The first kappa shape index (κ1) is 20.9. The predicted molar refractivity (Wildman–Crippen MR) is 115 cm³/mol. The van der Waals surface area contributed by atoms with Gasteiger partial charge >= 0.3 is 5.97 Å². The third-order valence-corrected chi connectivity index (χ3v) is 8.88. The molecular weight excluding hydrogens is 360 g/mol. The molecule has 1 fully saturated rings. The molecule has 0 aromatic carbocycles. The van der Waals surface area contributed by atoms with E-state index in [1.165, 1.54) is 44.1 Å². The highest BCUT2D eigenvalue weighted by molar-refractivity contribution is 5.91. The first-order valence-electron chi connectivity index (χ1n) is 12.0. The zero-order valence-electron chi connectivity index (χ0n) is 18.6. The van der Waals surface area contributed by atoms with Gasteiger partial charge in [-0.2, -0.15) is 0 Å². The van der Waals surface area contributed by atoms with E-state index in [4.69, 9.17) is 4.74 Å². The fourth-order valence-corrected chi connectivity index (χ4v) is 7.10. The molecule has 3 nitrogen and oxygen atoms in total. The van der Waals surface area contributed by atoms with Gasteiger partial charge in [0, 0.05) is 12.8 Å². The summed E-state index contributed by atoms with van der Waals surface area (Å²) in [5.41, 5.74) is 5.67. The van der Waals surface area contributed by atoms with Crippen molar-refractivity contribution in [2.24, 2.45) is 22.7 Å². The highest BCUT2D eigenvalue weighted by Gasteiger charge is 2.52. The zero-order chi connectivity index (χ0) is 20.6. The molecule has 4 aliphatic rings. The quantitative estimate of drug-likeness (QED) is 0.299. The summed E-state index contributed by atoms with van der Waals surface area (Å²) in [5.74, 6) is 1.76. The van der Waals surface area contributed by atoms with Crippen molar-refractivity contribution in [1.29, 1.82) is 0 Å². The number of ketones is 1. The minimum Gasteiger partial charge on any atom is -0.466 e. The molecule has 0 radical (unpaired) electrons. The molecule has 0 saturated heterocycles. The summed E-state index contributed by atoms with van der Waals surface area (Å²) < 4.78 is 5.25. The van der Waals surface area contributed by atoms with Crippen LogP contribution in [-0.4, -0.2) is 18.4 Å². The topological polar surface area (TPSA) is 43.4 Å². The number of unbranched alkanes of at least 4 members (excludes halogenated alkanes) is 1. The monoisotopic (exact) mass is 398 g/mol. The molecule has 3 heteroatoms. The first-order valence-corrected chi connectivity index (χ1v) is 12.0. The molecule has 0 spiro atoms. The van der Waals surface area contributed by atoms with E-state index >= 15 is 0 Å². The second-order valence-corrected chi connectivity index (χ2v) is 10.4. The summed E-state index contributed by atoms with van der Waals surface area (Å²) in [4.78, 5) is 23.3. The molecule has 4 aliphatic carbocycles. The van der Waals surface area contributed by atoms with E-state index in [9.17, 15) is 9.59 Å². The van der Waals surface area contributed by atoms with Crippen LogP contribution >= 0.6 is 0 Å². The molecule has 0 aromatic rings. The molecule has 0 bridgehead atoms. The average molecular weight is 399 g/mol. The smallest absolute Gasteiger partial charge is 0.305 e. The van der Waals surface area contributed by atoms with Crippen molar-refractivity contribution in [3.63, 3.8) is 0 Å². The van der Waals surface area contributed by atoms with Gasteiger partial charge in [-0.1, -0.05) is 37.5 Å². The van der Waals surface area contributed by atoms with Gasteiger partial charge in [0.05, 0.1) is 6.61 Å². The van der Waals surface area contributed by atoms with Crippen LogP contribution < -0.4 is 0 Å². The van der Waals surface area contributed by atoms with E-state index < -0.39 is 0 Å². The fourth-order valence-electron chi connectivity index (χ4n) is 7.10. The number of ether oxygens (including phenoxy) is 1. The number of hydrogen-bond donors (Lipinski definition) is 0. The number of esters is 1. The fraction of sp³-hybridized carbons (Fsp3) is 0.769. The van der Waals surface area contributed by atoms with Crippen LogP contribution in [0.4, 0.5) is 0 Å². The Bertz CT molecular complexity index is 745. The Morgan fingerprint density at radius 1 is 1.10 bits per heavy atom. The van der Waals surface area contributed by atoms with Crippen molar-refractivity contribution in [2.75, 3.05) is 6.61 Å². The summed E-state index contributed by atoms with van der Waals surface area (Å²) in [6.07, 6.45) is 15.2. The van der Waals surface area contributed by atoms with Crippen LogP contribution in [0.15, 0.2) is 22.8 Å². The minimum atomic E-state index is -0.0796. The van der Waals surface area contributed by atoms with E-state index in [0.29, 0.717) is 24.2 Å². The Morgan fingerprint density at radius 3 is 2.72 bits per heavy atom. The molecule has 4 rings (SSSR count). The lowest BCUT2D eigenvalue weighted by Crippen LogP contribution is -2.43. The zero-order valence-corrected chi connectivity index (χ0v) is 18.6. The Balaban J connectivity index is 1.43. The maximum absolute atomic E-state index is 12.0. The van der Waals surface area contributed by atoms with Crippen molar-refractivity contribution in [3.8, 4) is 0 Å². The van der Waals surface area contributed by atoms with Crippen LogP contribution in [0.1, 0.15) is 97.8 Å². The lowest BCUT2D eigenvalue weighted by Gasteiger charge is -2.52. The van der Waals surface area contributed by atoms with E-state index in [0.717, 1.165) is 43.9 Å². The molecule has 0 N–H and O–H groups in total.